The zero-order chi connectivity index (χ0) is 19.2. The van der Waals surface area contributed by atoms with Crippen LogP contribution in [-0.2, 0) is 0 Å². The SMILES string of the molecule is Cc1ccc(C2CCC(C3CCC4C(F)C(I)C(F)CC4(C)C3)CC2)cc1. The van der Waals surface area contributed by atoms with Crippen LogP contribution < -0.4 is 0 Å². The van der Waals surface area contributed by atoms with E-state index < -0.39 is 16.3 Å². The lowest BCUT2D eigenvalue weighted by molar-refractivity contribution is -0.0572. The predicted octanol–water partition coefficient (Wildman–Crippen LogP) is 7.57. The van der Waals surface area contributed by atoms with Crippen molar-refractivity contribution >= 4 is 22.6 Å². The summed E-state index contributed by atoms with van der Waals surface area (Å²) < 4.78 is 28.8. The molecule has 0 bridgehead atoms. The predicted molar refractivity (Wildman–Crippen MR) is 117 cm³/mol. The molecule has 0 amide bonds. The van der Waals surface area contributed by atoms with E-state index in [-0.39, 0.29) is 11.3 Å². The van der Waals surface area contributed by atoms with Gasteiger partial charge in [-0.05, 0) is 92.9 Å². The molecular formula is C24H33F2I. The van der Waals surface area contributed by atoms with Crippen molar-refractivity contribution in [3.8, 4) is 0 Å². The molecule has 6 unspecified atom stereocenters. The summed E-state index contributed by atoms with van der Waals surface area (Å²) in [5.41, 5.74) is 2.70. The highest BCUT2D eigenvalue weighted by Crippen LogP contribution is 2.57. The number of aryl methyl sites for hydroxylation is 1. The van der Waals surface area contributed by atoms with E-state index >= 15 is 0 Å². The Bertz CT molecular complexity index is 636. The van der Waals surface area contributed by atoms with Crippen molar-refractivity contribution in [1.82, 2.24) is 0 Å². The Morgan fingerprint density at radius 1 is 0.889 bits per heavy atom. The summed E-state index contributed by atoms with van der Waals surface area (Å²) in [5, 5.41) is 0. The maximum atomic E-state index is 14.8. The average Bonchev–Trinajstić information content (AvgIpc) is 2.66. The van der Waals surface area contributed by atoms with Gasteiger partial charge in [0.2, 0.25) is 0 Å². The van der Waals surface area contributed by atoms with E-state index in [9.17, 15) is 8.78 Å². The second kappa shape index (κ2) is 7.91. The van der Waals surface area contributed by atoms with Gasteiger partial charge in [0.25, 0.3) is 0 Å². The van der Waals surface area contributed by atoms with Crippen molar-refractivity contribution < 1.29 is 8.78 Å². The quantitative estimate of drug-likeness (QED) is 0.299. The third-order valence-electron chi connectivity index (χ3n) is 8.15. The minimum atomic E-state index is -0.974. The van der Waals surface area contributed by atoms with Crippen molar-refractivity contribution in [3.05, 3.63) is 35.4 Å². The maximum absolute atomic E-state index is 14.8. The number of benzene rings is 1. The second-order valence-electron chi connectivity index (χ2n) is 9.93. The molecule has 3 fully saturated rings. The van der Waals surface area contributed by atoms with Gasteiger partial charge in [-0.2, -0.15) is 0 Å². The normalized spacial score (nSPS) is 45.3. The molecule has 0 aromatic heterocycles. The van der Waals surface area contributed by atoms with Crippen molar-refractivity contribution in [2.45, 2.75) is 87.4 Å². The van der Waals surface area contributed by atoms with Gasteiger partial charge in [0.05, 0.1) is 3.92 Å². The molecule has 0 radical (unpaired) electrons. The molecule has 27 heavy (non-hydrogen) atoms. The molecule has 3 saturated carbocycles. The van der Waals surface area contributed by atoms with Gasteiger partial charge in [-0.1, -0.05) is 59.3 Å². The highest BCUT2D eigenvalue weighted by atomic mass is 127. The molecule has 3 heteroatoms. The molecule has 0 saturated heterocycles. The lowest BCUT2D eigenvalue weighted by Crippen LogP contribution is -2.52. The van der Waals surface area contributed by atoms with Gasteiger partial charge in [-0.25, -0.2) is 8.78 Å². The van der Waals surface area contributed by atoms with E-state index in [1.807, 2.05) is 22.6 Å². The number of halogens is 3. The van der Waals surface area contributed by atoms with Crippen LogP contribution in [-0.4, -0.2) is 16.3 Å². The molecule has 3 aliphatic rings. The van der Waals surface area contributed by atoms with Crippen LogP contribution in [0.2, 0.25) is 0 Å². The first-order chi connectivity index (χ1) is 12.9. The molecule has 150 valence electrons. The average molecular weight is 486 g/mol. The van der Waals surface area contributed by atoms with Crippen LogP contribution in [0.5, 0.6) is 0 Å². The minimum Gasteiger partial charge on any atom is -0.246 e. The highest BCUT2D eigenvalue weighted by Gasteiger charge is 2.53. The van der Waals surface area contributed by atoms with Gasteiger partial charge in [0.1, 0.15) is 12.3 Å². The fraction of sp³-hybridized carbons (Fsp3) is 0.750. The summed E-state index contributed by atoms with van der Waals surface area (Å²) in [6, 6.07) is 9.07. The number of hydrogen-bond donors (Lipinski definition) is 0. The first kappa shape index (κ1) is 20.1. The number of hydrogen-bond acceptors (Lipinski definition) is 0. The smallest absolute Gasteiger partial charge is 0.118 e. The Balaban J connectivity index is 1.38. The first-order valence-electron chi connectivity index (χ1n) is 10.9. The summed E-state index contributed by atoms with van der Waals surface area (Å²) >= 11 is 2.01. The number of alkyl halides is 3. The molecule has 0 heterocycles. The second-order valence-corrected chi connectivity index (χ2v) is 11.4. The van der Waals surface area contributed by atoms with Crippen molar-refractivity contribution in [3.63, 3.8) is 0 Å². The van der Waals surface area contributed by atoms with E-state index in [0.717, 1.165) is 25.2 Å². The van der Waals surface area contributed by atoms with Gasteiger partial charge in [0, 0.05) is 0 Å². The Labute approximate surface area is 177 Å². The van der Waals surface area contributed by atoms with Gasteiger partial charge in [0.15, 0.2) is 0 Å². The fourth-order valence-electron chi connectivity index (χ4n) is 6.52. The molecule has 0 aliphatic heterocycles. The molecule has 0 spiro atoms. The summed E-state index contributed by atoms with van der Waals surface area (Å²) in [6.45, 7) is 4.33. The number of rotatable bonds is 2. The topological polar surface area (TPSA) is 0 Å². The Morgan fingerprint density at radius 3 is 2.19 bits per heavy atom. The van der Waals surface area contributed by atoms with Crippen LogP contribution in [0.3, 0.4) is 0 Å². The Kier molecular flexibility index (Phi) is 5.89. The van der Waals surface area contributed by atoms with Crippen LogP contribution in [0, 0.1) is 30.1 Å². The zero-order valence-electron chi connectivity index (χ0n) is 16.6. The molecule has 1 aromatic carbocycles. The molecule has 0 N–H and O–H groups in total. The largest absolute Gasteiger partial charge is 0.246 e. The van der Waals surface area contributed by atoms with Crippen molar-refractivity contribution in [1.29, 1.82) is 0 Å². The summed E-state index contributed by atoms with van der Waals surface area (Å²) in [6.07, 6.45) is 6.93. The third-order valence-corrected chi connectivity index (χ3v) is 9.62. The molecule has 4 rings (SSSR count). The van der Waals surface area contributed by atoms with Crippen LogP contribution in [0.25, 0.3) is 0 Å². The van der Waals surface area contributed by atoms with Gasteiger partial charge >= 0.3 is 0 Å². The van der Waals surface area contributed by atoms with E-state index in [4.69, 9.17) is 0 Å². The first-order valence-corrected chi connectivity index (χ1v) is 12.1. The monoisotopic (exact) mass is 486 g/mol. The molecule has 3 aliphatic carbocycles. The summed E-state index contributed by atoms with van der Waals surface area (Å²) in [4.78, 5) is 0. The zero-order valence-corrected chi connectivity index (χ0v) is 18.8. The molecule has 6 atom stereocenters. The van der Waals surface area contributed by atoms with E-state index in [2.05, 4.69) is 38.1 Å². The molecule has 0 nitrogen and oxygen atoms in total. The van der Waals surface area contributed by atoms with Crippen LogP contribution in [0.1, 0.15) is 75.3 Å². The van der Waals surface area contributed by atoms with Crippen LogP contribution in [0.15, 0.2) is 24.3 Å². The third kappa shape index (κ3) is 3.96. The van der Waals surface area contributed by atoms with E-state index in [0.29, 0.717) is 18.3 Å². The van der Waals surface area contributed by atoms with Crippen LogP contribution >= 0.6 is 22.6 Å². The van der Waals surface area contributed by atoms with Crippen molar-refractivity contribution in [2.24, 2.45) is 23.2 Å². The van der Waals surface area contributed by atoms with Gasteiger partial charge < -0.3 is 0 Å². The van der Waals surface area contributed by atoms with Gasteiger partial charge in [-0.15, -0.1) is 0 Å². The molecular weight excluding hydrogens is 453 g/mol. The van der Waals surface area contributed by atoms with Crippen molar-refractivity contribution in [2.75, 3.05) is 0 Å². The fourth-order valence-corrected chi connectivity index (χ4v) is 7.27. The standard InChI is InChI=1S/C24H33F2I/c1-15-3-5-16(6-4-15)17-7-9-18(10-8-17)19-11-12-20-22(26)23(27)21(25)14-24(20,2)13-19/h3-6,17-23H,7-14H2,1-2H3. The maximum Gasteiger partial charge on any atom is 0.118 e. The lowest BCUT2D eigenvalue weighted by Gasteiger charge is -2.53. The Morgan fingerprint density at radius 2 is 1.52 bits per heavy atom. The highest BCUT2D eigenvalue weighted by molar-refractivity contribution is 14.1. The minimum absolute atomic E-state index is 0.0755. The summed E-state index contributed by atoms with van der Waals surface area (Å²) in [5.74, 6) is 2.22. The number of fused-ring (bicyclic) bond motifs is 1. The van der Waals surface area contributed by atoms with Gasteiger partial charge in [-0.3, -0.25) is 0 Å². The summed E-state index contributed by atoms with van der Waals surface area (Å²) in [7, 11) is 0. The molecule has 1 aromatic rings. The van der Waals surface area contributed by atoms with E-state index in [1.54, 1.807) is 0 Å². The Hall–Kier alpha value is -0.190. The van der Waals surface area contributed by atoms with E-state index in [1.165, 1.54) is 36.8 Å². The van der Waals surface area contributed by atoms with Crippen LogP contribution in [0.4, 0.5) is 8.78 Å². The lowest BCUT2D eigenvalue weighted by atomic mass is 9.54.